The molecule has 0 aromatic heterocycles. The molecular formula is C13H24N4O3. The Balaban J connectivity index is 2.94. The number of hydrogen-bond donors (Lipinski definition) is 3. The number of oxime groups is 1. The Bertz CT molecular complexity index is 402. The number of hydrogen-bond acceptors (Lipinski definition) is 4. The first-order chi connectivity index (χ1) is 9.41. The summed E-state index contributed by atoms with van der Waals surface area (Å²) in [5, 5.41) is 14.5. The van der Waals surface area contributed by atoms with E-state index in [0.717, 1.165) is 6.42 Å². The summed E-state index contributed by atoms with van der Waals surface area (Å²) in [6.45, 7) is 4.42. The number of amidine groups is 1. The van der Waals surface area contributed by atoms with E-state index < -0.39 is 5.41 Å². The SMILES string of the molecule is CCCN(CC(=O)NC)C(=O)C1(C(N)=NO)CC(C)C1. The minimum Gasteiger partial charge on any atom is -0.409 e. The maximum atomic E-state index is 12.7. The number of amides is 2. The topological polar surface area (TPSA) is 108 Å². The number of likely N-dealkylation sites (N-methyl/N-ethyl adjacent to an activating group) is 1. The number of nitrogens with two attached hydrogens (primary N) is 1. The van der Waals surface area contributed by atoms with Gasteiger partial charge in [0, 0.05) is 13.6 Å². The highest BCUT2D eigenvalue weighted by molar-refractivity contribution is 6.08. The molecule has 0 unspecified atom stereocenters. The Labute approximate surface area is 119 Å². The summed E-state index contributed by atoms with van der Waals surface area (Å²) < 4.78 is 0. The number of carbonyl (C=O) groups excluding carboxylic acids is 2. The zero-order valence-corrected chi connectivity index (χ0v) is 12.3. The largest absolute Gasteiger partial charge is 0.409 e. The van der Waals surface area contributed by atoms with Crippen LogP contribution in [0.15, 0.2) is 5.16 Å². The third kappa shape index (κ3) is 3.02. The van der Waals surface area contributed by atoms with Gasteiger partial charge in [-0.15, -0.1) is 0 Å². The molecule has 1 fully saturated rings. The summed E-state index contributed by atoms with van der Waals surface area (Å²) in [4.78, 5) is 25.7. The highest BCUT2D eigenvalue weighted by atomic mass is 16.4. The molecule has 0 aliphatic heterocycles. The first kappa shape index (κ1) is 16.3. The molecule has 1 saturated carbocycles. The van der Waals surface area contributed by atoms with Gasteiger partial charge in [0.25, 0.3) is 0 Å². The molecule has 20 heavy (non-hydrogen) atoms. The van der Waals surface area contributed by atoms with E-state index in [1.54, 1.807) is 0 Å². The van der Waals surface area contributed by atoms with Gasteiger partial charge in [0.15, 0.2) is 5.84 Å². The Morgan fingerprint density at radius 1 is 1.50 bits per heavy atom. The van der Waals surface area contributed by atoms with Crippen LogP contribution in [0.25, 0.3) is 0 Å². The van der Waals surface area contributed by atoms with Crippen molar-refractivity contribution in [3.63, 3.8) is 0 Å². The molecule has 0 spiro atoms. The normalized spacial score (nSPS) is 25.8. The van der Waals surface area contributed by atoms with E-state index in [9.17, 15) is 9.59 Å². The van der Waals surface area contributed by atoms with Crippen molar-refractivity contribution >= 4 is 17.6 Å². The fraction of sp³-hybridized carbons (Fsp3) is 0.769. The molecule has 1 rings (SSSR count). The van der Waals surface area contributed by atoms with Crippen molar-refractivity contribution in [2.45, 2.75) is 33.1 Å². The summed E-state index contributed by atoms with van der Waals surface area (Å²) in [7, 11) is 1.53. The average Bonchev–Trinajstić information content (AvgIpc) is 2.41. The fourth-order valence-corrected chi connectivity index (χ4v) is 2.80. The Morgan fingerprint density at radius 2 is 2.10 bits per heavy atom. The second-order valence-electron chi connectivity index (χ2n) is 5.48. The highest BCUT2D eigenvalue weighted by Crippen LogP contribution is 2.47. The van der Waals surface area contributed by atoms with Crippen molar-refractivity contribution in [2.75, 3.05) is 20.1 Å². The minimum atomic E-state index is -0.947. The van der Waals surface area contributed by atoms with E-state index in [2.05, 4.69) is 10.5 Å². The Hall–Kier alpha value is -1.79. The molecular weight excluding hydrogens is 260 g/mol. The van der Waals surface area contributed by atoms with Gasteiger partial charge in [-0.2, -0.15) is 0 Å². The first-order valence-corrected chi connectivity index (χ1v) is 6.89. The van der Waals surface area contributed by atoms with E-state index in [1.807, 2.05) is 13.8 Å². The number of rotatable bonds is 6. The van der Waals surface area contributed by atoms with Crippen LogP contribution in [0.2, 0.25) is 0 Å². The fourth-order valence-electron chi connectivity index (χ4n) is 2.80. The lowest BCUT2D eigenvalue weighted by molar-refractivity contribution is -0.147. The predicted octanol–water partition coefficient (Wildman–Crippen LogP) is 0.134. The van der Waals surface area contributed by atoms with Crippen LogP contribution in [-0.2, 0) is 9.59 Å². The van der Waals surface area contributed by atoms with E-state index in [0.29, 0.717) is 25.3 Å². The molecule has 0 aromatic rings. The smallest absolute Gasteiger partial charge is 0.239 e. The predicted molar refractivity (Wildman–Crippen MR) is 75.2 cm³/mol. The number of nitrogens with zero attached hydrogens (tertiary/aromatic N) is 2. The van der Waals surface area contributed by atoms with Gasteiger partial charge >= 0.3 is 0 Å². The van der Waals surface area contributed by atoms with Gasteiger partial charge in [-0.05, 0) is 25.2 Å². The van der Waals surface area contributed by atoms with Crippen LogP contribution in [0, 0.1) is 11.3 Å². The molecule has 0 saturated heterocycles. The maximum absolute atomic E-state index is 12.7. The van der Waals surface area contributed by atoms with Gasteiger partial charge in [-0.3, -0.25) is 9.59 Å². The van der Waals surface area contributed by atoms with Crippen LogP contribution in [0.3, 0.4) is 0 Å². The van der Waals surface area contributed by atoms with Gasteiger partial charge < -0.3 is 21.2 Å². The Kier molecular flexibility index (Phi) is 5.35. The van der Waals surface area contributed by atoms with Crippen LogP contribution >= 0.6 is 0 Å². The third-order valence-corrected chi connectivity index (χ3v) is 3.80. The van der Waals surface area contributed by atoms with E-state index in [1.165, 1.54) is 11.9 Å². The molecule has 0 radical (unpaired) electrons. The molecule has 4 N–H and O–H groups in total. The molecule has 114 valence electrons. The second kappa shape index (κ2) is 6.58. The molecule has 2 amide bonds. The van der Waals surface area contributed by atoms with Gasteiger partial charge in [0.2, 0.25) is 11.8 Å². The van der Waals surface area contributed by atoms with Crippen molar-refractivity contribution in [3.8, 4) is 0 Å². The number of carbonyl (C=O) groups is 2. The zero-order chi connectivity index (χ0) is 15.3. The molecule has 0 heterocycles. The van der Waals surface area contributed by atoms with Crippen LogP contribution in [0.1, 0.15) is 33.1 Å². The number of nitrogens with one attached hydrogen (secondary N) is 1. The van der Waals surface area contributed by atoms with Crippen molar-refractivity contribution in [1.29, 1.82) is 0 Å². The van der Waals surface area contributed by atoms with Crippen LogP contribution < -0.4 is 11.1 Å². The third-order valence-electron chi connectivity index (χ3n) is 3.80. The highest BCUT2D eigenvalue weighted by Gasteiger charge is 2.53. The van der Waals surface area contributed by atoms with Crippen molar-refractivity contribution in [1.82, 2.24) is 10.2 Å². The quantitative estimate of drug-likeness (QED) is 0.279. The lowest BCUT2D eigenvalue weighted by Gasteiger charge is -2.46. The lowest BCUT2D eigenvalue weighted by Crippen LogP contribution is -2.58. The Morgan fingerprint density at radius 3 is 2.50 bits per heavy atom. The second-order valence-corrected chi connectivity index (χ2v) is 5.48. The average molecular weight is 284 g/mol. The van der Waals surface area contributed by atoms with E-state index in [4.69, 9.17) is 10.9 Å². The molecule has 0 atom stereocenters. The van der Waals surface area contributed by atoms with Gasteiger partial charge in [-0.1, -0.05) is 19.0 Å². The van der Waals surface area contributed by atoms with E-state index in [-0.39, 0.29) is 24.2 Å². The monoisotopic (exact) mass is 284 g/mol. The molecule has 7 nitrogen and oxygen atoms in total. The molecule has 1 aliphatic rings. The molecule has 1 aliphatic carbocycles. The summed E-state index contributed by atoms with van der Waals surface area (Å²) in [6.07, 6.45) is 1.84. The van der Waals surface area contributed by atoms with Crippen molar-refractivity contribution in [3.05, 3.63) is 0 Å². The van der Waals surface area contributed by atoms with Crippen molar-refractivity contribution in [2.24, 2.45) is 22.2 Å². The molecule has 7 heteroatoms. The van der Waals surface area contributed by atoms with Crippen LogP contribution in [-0.4, -0.2) is 47.9 Å². The van der Waals surface area contributed by atoms with Gasteiger partial charge in [0.05, 0.1) is 6.54 Å². The van der Waals surface area contributed by atoms with Gasteiger partial charge in [-0.25, -0.2) is 0 Å². The lowest BCUT2D eigenvalue weighted by atomic mass is 9.61. The zero-order valence-electron chi connectivity index (χ0n) is 12.3. The summed E-state index contributed by atoms with van der Waals surface area (Å²) >= 11 is 0. The standard InChI is InChI=1S/C13H24N4O3/c1-4-5-17(8-10(18)15-3)12(19)13(11(14)16-20)6-9(2)7-13/h9,20H,4-8H2,1-3H3,(H2,14,16)(H,15,18). The maximum Gasteiger partial charge on any atom is 0.239 e. The summed E-state index contributed by atoms with van der Waals surface area (Å²) in [6, 6.07) is 0. The van der Waals surface area contributed by atoms with Gasteiger partial charge in [0.1, 0.15) is 5.41 Å². The van der Waals surface area contributed by atoms with Crippen molar-refractivity contribution < 1.29 is 14.8 Å². The molecule has 0 bridgehead atoms. The van der Waals surface area contributed by atoms with Crippen LogP contribution in [0.4, 0.5) is 0 Å². The van der Waals surface area contributed by atoms with Crippen LogP contribution in [0.5, 0.6) is 0 Å². The minimum absolute atomic E-state index is 0.00197. The van der Waals surface area contributed by atoms with E-state index >= 15 is 0 Å². The molecule has 0 aromatic carbocycles. The first-order valence-electron chi connectivity index (χ1n) is 6.89. The summed E-state index contributed by atoms with van der Waals surface area (Å²) in [5.74, 6) is -0.161. The summed E-state index contributed by atoms with van der Waals surface area (Å²) in [5.41, 5.74) is 4.78.